The fraction of sp³-hybridized carbons (Fsp3) is 0.471. The molecule has 2 rings (SSSR count). The van der Waals surface area contributed by atoms with E-state index in [1.807, 2.05) is 31.2 Å². The summed E-state index contributed by atoms with van der Waals surface area (Å²) in [6.45, 7) is 8.96. The van der Waals surface area contributed by atoms with Crippen molar-refractivity contribution in [3.63, 3.8) is 0 Å². The highest BCUT2D eigenvalue weighted by molar-refractivity contribution is 6.14. The lowest BCUT2D eigenvalue weighted by Crippen LogP contribution is -2.42. The quantitative estimate of drug-likeness (QED) is 0.880. The third-order valence-corrected chi connectivity index (χ3v) is 3.32. The van der Waals surface area contributed by atoms with Gasteiger partial charge in [-0.15, -0.1) is 0 Å². The number of carbonyl (C=O) groups is 2. The van der Waals surface area contributed by atoms with E-state index in [0.29, 0.717) is 11.4 Å². The van der Waals surface area contributed by atoms with Gasteiger partial charge in [0.2, 0.25) is 5.91 Å². The summed E-state index contributed by atoms with van der Waals surface area (Å²) in [6, 6.07) is 6.50. The Labute approximate surface area is 136 Å². The molecule has 0 saturated heterocycles. The SMILES string of the molecule is C[C@@H]1N=C([C@H](C)NC(=O)OC(C)(C)C)c2ccccc2NC1=O. The molecule has 1 aromatic rings. The molecule has 0 aliphatic carbocycles. The number of alkyl carbamates (subject to hydrolysis) is 1. The molecule has 6 nitrogen and oxygen atoms in total. The summed E-state index contributed by atoms with van der Waals surface area (Å²) in [5.74, 6) is -0.170. The number of hydrogen-bond donors (Lipinski definition) is 2. The van der Waals surface area contributed by atoms with Crippen molar-refractivity contribution in [2.75, 3.05) is 5.32 Å². The second kappa shape index (κ2) is 6.40. The maximum absolute atomic E-state index is 12.0. The molecule has 2 N–H and O–H groups in total. The van der Waals surface area contributed by atoms with Gasteiger partial charge in [0, 0.05) is 11.3 Å². The van der Waals surface area contributed by atoms with E-state index in [4.69, 9.17) is 4.74 Å². The van der Waals surface area contributed by atoms with Crippen LogP contribution in [0.4, 0.5) is 10.5 Å². The predicted molar refractivity (Wildman–Crippen MR) is 89.9 cm³/mol. The molecular weight excluding hydrogens is 294 g/mol. The fourth-order valence-electron chi connectivity index (χ4n) is 2.29. The molecular formula is C17H23N3O3. The van der Waals surface area contributed by atoms with Crippen molar-refractivity contribution < 1.29 is 14.3 Å². The molecule has 124 valence electrons. The molecule has 0 saturated carbocycles. The minimum atomic E-state index is -0.572. The molecule has 23 heavy (non-hydrogen) atoms. The Bertz CT molecular complexity index is 647. The number of para-hydroxylation sites is 1. The van der Waals surface area contributed by atoms with Crippen molar-refractivity contribution in [1.82, 2.24) is 5.32 Å². The van der Waals surface area contributed by atoms with Gasteiger partial charge in [0.1, 0.15) is 11.6 Å². The highest BCUT2D eigenvalue weighted by Gasteiger charge is 2.26. The molecule has 1 heterocycles. The van der Waals surface area contributed by atoms with Gasteiger partial charge in [0.25, 0.3) is 0 Å². The molecule has 2 atom stereocenters. The van der Waals surface area contributed by atoms with Gasteiger partial charge in [0.15, 0.2) is 0 Å². The van der Waals surface area contributed by atoms with Crippen LogP contribution < -0.4 is 10.6 Å². The third kappa shape index (κ3) is 4.31. The van der Waals surface area contributed by atoms with E-state index in [-0.39, 0.29) is 11.9 Å². The number of hydrogen-bond acceptors (Lipinski definition) is 4. The number of carbonyl (C=O) groups excluding carboxylic acids is 2. The number of fused-ring (bicyclic) bond motifs is 1. The fourth-order valence-corrected chi connectivity index (χ4v) is 2.29. The molecule has 0 spiro atoms. The van der Waals surface area contributed by atoms with Crippen molar-refractivity contribution in [2.24, 2.45) is 4.99 Å². The number of nitrogens with zero attached hydrogens (tertiary/aromatic N) is 1. The summed E-state index contributed by atoms with van der Waals surface area (Å²) < 4.78 is 5.28. The van der Waals surface area contributed by atoms with Crippen molar-refractivity contribution in [3.8, 4) is 0 Å². The van der Waals surface area contributed by atoms with Crippen LogP contribution in [0.2, 0.25) is 0 Å². The molecule has 1 aromatic carbocycles. The Morgan fingerprint density at radius 1 is 1.35 bits per heavy atom. The van der Waals surface area contributed by atoms with Crippen LogP contribution in [0.1, 0.15) is 40.2 Å². The number of amides is 2. The first-order valence-corrected chi connectivity index (χ1v) is 7.65. The first-order valence-electron chi connectivity index (χ1n) is 7.65. The summed E-state index contributed by atoms with van der Waals surface area (Å²) in [5, 5.41) is 5.63. The van der Waals surface area contributed by atoms with Crippen molar-refractivity contribution >= 4 is 23.4 Å². The Morgan fingerprint density at radius 3 is 2.65 bits per heavy atom. The molecule has 1 aliphatic heterocycles. The van der Waals surface area contributed by atoms with Crippen LogP contribution in [0, 0.1) is 0 Å². The highest BCUT2D eigenvalue weighted by atomic mass is 16.6. The number of ether oxygens (including phenoxy) is 1. The Hall–Kier alpha value is -2.37. The van der Waals surface area contributed by atoms with Crippen LogP contribution in [-0.4, -0.2) is 35.4 Å². The molecule has 0 unspecified atom stereocenters. The van der Waals surface area contributed by atoms with E-state index in [1.54, 1.807) is 27.7 Å². The lowest BCUT2D eigenvalue weighted by Gasteiger charge is -2.23. The largest absolute Gasteiger partial charge is 0.444 e. The Kier molecular flexibility index (Phi) is 4.73. The minimum Gasteiger partial charge on any atom is -0.444 e. The van der Waals surface area contributed by atoms with Gasteiger partial charge >= 0.3 is 6.09 Å². The number of benzodiazepines with no additional fused rings is 1. The van der Waals surface area contributed by atoms with E-state index in [1.165, 1.54) is 0 Å². The molecule has 2 amide bonds. The minimum absolute atomic E-state index is 0.170. The van der Waals surface area contributed by atoms with Crippen molar-refractivity contribution in [2.45, 2.75) is 52.3 Å². The van der Waals surface area contributed by atoms with Crippen LogP contribution in [0.3, 0.4) is 0 Å². The zero-order valence-electron chi connectivity index (χ0n) is 14.1. The van der Waals surface area contributed by atoms with E-state index in [9.17, 15) is 9.59 Å². The first kappa shape index (κ1) is 17.0. The second-order valence-corrected chi connectivity index (χ2v) is 6.59. The molecule has 0 fully saturated rings. The summed E-state index contributed by atoms with van der Waals surface area (Å²) in [6.07, 6.45) is -0.513. The maximum Gasteiger partial charge on any atom is 0.408 e. The topological polar surface area (TPSA) is 79.8 Å². The van der Waals surface area contributed by atoms with Gasteiger partial charge in [-0.2, -0.15) is 0 Å². The van der Waals surface area contributed by atoms with Crippen LogP contribution >= 0.6 is 0 Å². The smallest absolute Gasteiger partial charge is 0.408 e. The van der Waals surface area contributed by atoms with Gasteiger partial charge in [-0.1, -0.05) is 18.2 Å². The normalized spacial score (nSPS) is 18.9. The van der Waals surface area contributed by atoms with E-state index >= 15 is 0 Å². The van der Waals surface area contributed by atoms with E-state index < -0.39 is 17.7 Å². The molecule has 0 radical (unpaired) electrons. The summed E-state index contributed by atoms with van der Waals surface area (Å²) >= 11 is 0. The van der Waals surface area contributed by atoms with Gasteiger partial charge < -0.3 is 15.4 Å². The number of aliphatic imine (C=N–C) groups is 1. The highest BCUT2D eigenvalue weighted by Crippen LogP contribution is 2.22. The average Bonchev–Trinajstić information content (AvgIpc) is 2.54. The Balaban J connectivity index is 2.27. The number of benzene rings is 1. The van der Waals surface area contributed by atoms with Crippen LogP contribution in [0.25, 0.3) is 0 Å². The summed E-state index contributed by atoms with van der Waals surface area (Å²) in [4.78, 5) is 28.5. The van der Waals surface area contributed by atoms with Crippen LogP contribution in [0.5, 0.6) is 0 Å². The van der Waals surface area contributed by atoms with E-state index in [0.717, 1.165) is 5.56 Å². The number of rotatable bonds is 2. The lowest BCUT2D eigenvalue weighted by molar-refractivity contribution is -0.116. The standard InChI is InChI=1S/C17H23N3O3/c1-10(19-16(22)23-17(3,4)5)14-12-8-6-7-9-13(12)20-15(21)11(2)18-14/h6-11H,1-5H3,(H,19,22)(H,20,21)/t10-,11-/m0/s1. The first-order chi connectivity index (χ1) is 10.7. The Morgan fingerprint density at radius 2 is 2.00 bits per heavy atom. The maximum atomic E-state index is 12.0. The lowest BCUT2D eigenvalue weighted by atomic mass is 10.0. The predicted octanol–water partition coefficient (Wildman–Crippen LogP) is 2.73. The summed E-state index contributed by atoms with van der Waals surface area (Å²) in [5.41, 5.74) is 1.57. The van der Waals surface area contributed by atoms with Gasteiger partial charge in [-0.05, 0) is 40.7 Å². The van der Waals surface area contributed by atoms with Gasteiger partial charge in [-0.3, -0.25) is 9.79 Å². The number of nitrogens with one attached hydrogen (secondary N) is 2. The molecule has 0 bridgehead atoms. The van der Waals surface area contributed by atoms with Gasteiger partial charge in [-0.25, -0.2) is 4.79 Å². The number of anilines is 1. The van der Waals surface area contributed by atoms with E-state index in [2.05, 4.69) is 15.6 Å². The van der Waals surface area contributed by atoms with Crippen molar-refractivity contribution in [1.29, 1.82) is 0 Å². The molecule has 6 heteroatoms. The summed E-state index contributed by atoms with van der Waals surface area (Å²) in [7, 11) is 0. The van der Waals surface area contributed by atoms with Crippen molar-refractivity contribution in [3.05, 3.63) is 29.8 Å². The van der Waals surface area contributed by atoms with Crippen LogP contribution in [0.15, 0.2) is 29.3 Å². The molecule has 1 aliphatic rings. The zero-order chi connectivity index (χ0) is 17.2. The monoisotopic (exact) mass is 317 g/mol. The van der Waals surface area contributed by atoms with Crippen LogP contribution in [-0.2, 0) is 9.53 Å². The third-order valence-electron chi connectivity index (χ3n) is 3.32. The zero-order valence-corrected chi connectivity index (χ0v) is 14.1. The van der Waals surface area contributed by atoms with Gasteiger partial charge in [0.05, 0.1) is 11.8 Å². The average molecular weight is 317 g/mol. The second-order valence-electron chi connectivity index (χ2n) is 6.59. The molecule has 0 aromatic heterocycles.